The number of hydrogen-bond acceptors (Lipinski definition) is 7. The standard InChI is InChI=1S/C22H25N5O3S/c1-5-10-24-20(28)18(14-23)22-27(6-2)21(29)19(31-22)15-25-16-8-7-9-17(13-16)30-12-11-26(3)4/h1,7-9,13,15,25H,6,10-12H2,2-4H3,(H,24,28)/b19-15+,22-18-. The number of nitrogens with zero attached hydrogens (tertiary/aromatic N) is 3. The molecule has 162 valence electrons. The molecule has 8 nitrogen and oxygen atoms in total. The number of benzene rings is 1. The molecule has 0 bridgehead atoms. The Morgan fingerprint density at radius 2 is 2.19 bits per heavy atom. The maximum Gasteiger partial charge on any atom is 0.270 e. The van der Waals surface area contributed by atoms with Crippen molar-refractivity contribution < 1.29 is 9.53 Å². The molecular formula is C22H25N5O3S. The van der Waals surface area contributed by atoms with Gasteiger partial charge in [-0.25, -0.2) is 0 Å². The predicted octanol–water partition coefficient (Wildman–Crippen LogP) is 0.144. The van der Waals surface area contributed by atoms with E-state index in [9.17, 15) is 14.9 Å². The number of carbonyl (C=O) groups is 1. The molecule has 1 heterocycles. The summed E-state index contributed by atoms with van der Waals surface area (Å²) in [5, 5.41) is 15.0. The highest BCUT2D eigenvalue weighted by Gasteiger charge is 2.14. The van der Waals surface area contributed by atoms with Gasteiger partial charge in [0.2, 0.25) is 0 Å². The molecule has 0 aliphatic rings. The number of carbonyl (C=O) groups excluding carboxylic acids is 1. The molecule has 9 heteroatoms. The van der Waals surface area contributed by atoms with E-state index in [1.807, 2.05) is 49.3 Å². The van der Waals surface area contributed by atoms with Crippen LogP contribution >= 0.6 is 11.3 Å². The third-order valence-corrected chi connectivity index (χ3v) is 5.27. The van der Waals surface area contributed by atoms with Crippen LogP contribution in [0.15, 0.2) is 29.1 Å². The van der Waals surface area contributed by atoms with E-state index in [1.54, 1.807) is 13.1 Å². The number of rotatable bonds is 9. The van der Waals surface area contributed by atoms with Crippen molar-refractivity contribution >= 4 is 34.7 Å². The molecule has 1 aromatic carbocycles. The van der Waals surface area contributed by atoms with Crippen molar-refractivity contribution in [3.8, 4) is 24.2 Å². The lowest BCUT2D eigenvalue weighted by molar-refractivity contribution is -0.115. The van der Waals surface area contributed by atoms with Gasteiger partial charge in [0.05, 0.1) is 6.54 Å². The largest absolute Gasteiger partial charge is 0.492 e. The highest BCUT2D eigenvalue weighted by molar-refractivity contribution is 7.07. The summed E-state index contributed by atoms with van der Waals surface area (Å²) in [6.45, 7) is 3.45. The Hall–Kier alpha value is -3.53. The van der Waals surface area contributed by atoms with Crippen LogP contribution in [0.5, 0.6) is 5.75 Å². The van der Waals surface area contributed by atoms with Crippen molar-refractivity contribution in [3.63, 3.8) is 0 Å². The fourth-order valence-electron chi connectivity index (χ4n) is 2.58. The first-order valence-electron chi connectivity index (χ1n) is 9.61. The second-order valence-electron chi connectivity index (χ2n) is 6.66. The molecule has 2 aromatic rings. The van der Waals surface area contributed by atoms with Crippen molar-refractivity contribution in [2.24, 2.45) is 0 Å². The zero-order chi connectivity index (χ0) is 22.8. The second kappa shape index (κ2) is 11.6. The van der Waals surface area contributed by atoms with Crippen LogP contribution in [-0.2, 0) is 11.3 Å². The minimum absolute atomic E-state index is 0.000756. The smallest absolute Gasteiger partial charge is 0.270 e. The summed E-state index contributed by atoms with van der Waals surface area (Å²) >= 11 is 1.07. The summed E-state index contributed by atoms with van der Waals surface area (Å²) in [7, 11) is 3.95. The number of nitrogens with one attached hydrogen (secondary N) is 2. The topological polar surface area (TPSA) is 99.4 Å². The van der Waals surface area contributed by atoms with Crippen molar-refractivity contribution in [2.45, 2.75) is 13.5 Å². The van der Waals surface area contributed by atoms with Crippen LogP contribution in [0.4, 0.5) is 5.69 Å². The highest BCUT2D eigenvalue weighted by atomic mass is 32.1. The number of likely N-dealkylation sites (N-methyl/N-ethyl adjacent to an activating group) is 1. The van der Waals surface area contributed by atoms with Gasteiger partial charge in [-0.05, 0) is 33.2 Å². The van der Waals surface area contributed by atoms with Crippen LogP contribution in [0.1, 0.15) is 6.92 Å². The van der Waals surface area contributed by atoms with E-state index in [0.717, 1.165) is 23.6 Å². The lowest BCUT2D eigenvalue weighted by atomic mass is 10.3. The van der Waals surface area contributed by atoms with Crippen LogP contribution < -0.4 is 30.1 Å². The maximum absolute atomic E-state index is 12.8. The number of thiazole rings is 1. The SMILES string of the molecule is C#CCNC(=O)/C(C#N)=c1\s/c(=C/Nc2cccc(OCCN(C)C)c2)c(=O)n1CC. The molecule has 0 fully saturated rings. The molecule has 0 spiro atoms. The van der Waals surface area contributed by atoms with E-state index >= 15 is 0 Å². The normalized spacial score (nSPS) is 12.1. The first kappa shape index (κ1) is 23.7. The molecule has 0 aliphatic heterocycles. The van der Waals surface area contributed by atoms with Crippen LogP contribution in [0, 0.1) is 23.7 Å². The van der Waals surface area contributed by atoms with Gasteiger partial charge in [0, 0.05) is 31.0 Å². The van der Waals surface area contributed by atoms with Crippen molar-refractivity contribution in [1.82, 2.24) is 14.8 Å². The second-order valence-corrected chi connectivity index (χ2v) is 7.69. The molecule has 1 amide bonds. The summed E-state index contributed by atoms with van der Waals surface area (Å²) in [4.78, 5) is 27.0. The summed E-state index contributed by atoms with van der Waals surface area (Å²) < 4.78 is 7.78. The molecular weight excluding hydrogens is 414 g/mol. The van der Waals surface area contributed by atoms with Crippen molar-refractivity contribution in [1.29, 1.82) is 5.26 Å². The maximum atomic E-state index is 12.8. The Morgan fingerprint density at radius 3 is 2.84 bits per heavy atom. The fourth-order valence-corrected chi connectivity index (χ4v) is 3.66. The minimum Gasteiger partial charge on any atom is -0.492 e. The zero-order valence-electron chi connectivity index (χ0n) is 17.8. The number of hydrogen-bond donors (Lipinski definition) is 2. The molecule has 0 saturated heterocycles. The minimum atomic E-state index is -0.606. The fraction of sp³-hybridized carbons (Fsp3) is 0.318. The summed E-state index contributed by atoms with van der Waals surface area (Å²) in [6.07, 6.45) is 6.72. The van der Waals surface area contributed by atoms with Gasteiger partial charge in [0.1, 0.15) is 27.6 Å². The molecule has 2 rings (SSSR count). The third-order valence-electron chi connectivity index (χ3n) is 4.14. The monoisotopic (exact) mass is 439 g/mol. The Bertz CT molecular complexity index is 1180. The van der Waals surface area contributed by atoms with E-state index in [-0.39, 0.29) is 17.7 Å². The number of ether oxygens (including phenoxy) is 1. The molecule has 0 unspecified atom stereocenters. The summed E-state index contributed by atoms with van der Waals surface area (Å²) in [5.74, 6) is 2.39. The third kappa shape index (κ3) is 6.48. The molecule has 0 saturated carbocycles. The predicted molar refractivity (Wildman–Crippen MR) is 123 cm³/mol. The Balaban J connectivity index is 2.35. The summed E-state index contributed by atoms with van der Waals surface area (Å²) in [6, 6.07) is 9.27. The van der Waals surface area contributed by atoms with Gasteiger partial charge in [-0.1, -0.05) is 12.0 Å². The van der Waals surface area contributed by atoms with E-state index in [0.29, 0.717) is 28.1 Å². The molecule has 1 aromatic heterocycles. The lowest BCUT2D eigenvalue weighted by Crippen LogP contribution is -2.34. The number of nitriles is 1. The number of aromatic nitrogens is 1. The number of anilines is 1. The van der Waals surface area contributed by atoms with Gasteiger partial charge >= 0.3 is 0 Å². The number of amides is 1. The summed E-state index contributed by atoms with van der Waals surface area (Å²) in [5.41, 5.74) is 0.317. The van der Waals surface area contributed by atoms with E-state index in [2.05, 4.69) is 16.6 Å². The quantitative estimate of drug-likeness (QED) is 0.540. The number of terminal acetylenes is 1. The zero-order valence-corrected chi connectivity index (χ0v) is 18.6. The van der Waals surface area contributed by atoms with Crippen molar-refractivity contribution in [2.75, 3.05) is 39.1 Å². The first-order valence-corrected chi connectivity index (χ1v) is 10.4. The molecule has 2 N–H and O–H groups in total. The van der Waals surface area contributed by atoms with Crippen molar-refractivity contribution in [3.05, 3.63) is 43.8 Å². The molecule has 31 heavy (non-hydrogen) atoms. The van der Waals surface area contributed by atoms with Gasteiger partial charge in [-0.2, -0.15) is 5.26 Å². The van der Waals surface area contributed by atoms with Crippen LogP contribution in [0.25, 0.3) is 11.8 Å². The van der Waals surface area contributed by atoms with Crippen LogP contribution in [0.3, 0.4) is 0 Å². The Morgan fingerprint density at radius 1 is 1.42 bits per heavy atom. The van der Waals surface area contributed by atoms with Gasteiger partial charge < -0.3 is 20.3 Å². The van der Waals surface area contributed by atoms with E-state index in [1.165, 1.54) is 4.57 Å². The van der Waals surface area contributed by atoms with Crippen LogP contribution in [-0.4, -0.2) is 49.2 Å². The van der Waals surface area contributed by atoms with E-state index in [4.69, 9.17) is 11.2 Å². The molecule has 0 atom stereocenters. The van der Waals surface area contributed by atoms with Gasteiger partial charge in [-0.15, -0.1) is 17.8 Å². The average Bonchev–Trinajstić information content (AvgIpc) is 3.06. The van der Waals surface area contributed by atoms with E-state index < -0.39 is 5.91 Å². The first-order chi connectivity index (χ1) is 14.9. The Labute approximate surface area is 185 Å². The molecule has 0 aliphatic carbocycles. The van der Waals surface area contributed by atoms with Gasteiger partial charge in [-0.3, -0.25) is 14.2 Å². The molecule has 0 radical (unpaired) electrons. The van der Waals surface area contributed by atoms with Gasteiger partial charge in [0.15, 0.2) is 5.57 Å². The Kier molecular flexibility index (Phi) is 8.89. The lowest BCUT2D eigenvalue weighted by Gasteiger charge is -2.11. The van der Waals surface area contributed by atoms with Crippen LogP contribution in [0.2, 0.25) is 0 Å². The van der Waals surface area contributed by atoms with Gasteiger partial charge in [0.25, 0.3) is 11.5 Å². The average molecular weight is 440 g/mol. The highest BCUT2D eigenvalue weighted by Crippen LogP contribution is 2.17.